The molecule has 0 spiro atoms. The SMILES string of the molecule is CCCCN1C(=O)/C(=C/c2c(C)c(C#N)c(=O)n(CCC)c2N2CC(C)OC(C)C2)SC1=S. The van der Waals surface area contributed by atoms with Crippen LogP contribution < -0.4 is 10.5 Å². The summed E-state index contributed by atoms with van der Waals surface area (Å²) in [5.74, 6) is 0.637. The van der Waals surface area contributed by atoms with Crippen LogP contribution in [0.4, 0.5) is 5.82 Å². The van der Waals surface area contributed by atoms with E-state index in [4.69, 9.17) is 17.0 Å². The minimum atomic E-state index is -0.286. The highest BCUT2D eigenvalue weighted by Crippen LogP contribution is 2.36. The molecule has 1 aromatic heterocycles. The predicted molar refractivity (Wildman–Crippen MR) is 137 cm³/mol. The van der Waals surface area contributed by atoms with Crippen molar-refractivity contribution in [1.82, 2.24) is 9.47 Å². The van der Waals surface area contributed by atoms with E-state index in [-0.39, 0.29) is 29.2 Å². The van der Waals surface area contributed by atoms with Gasteiger partial charge in [0.25, 0.3) is 11.5 Å². The van der Waals surface area contributed by atoms with E-state index in [1.807, 2.05) is 26.8 Å². The molecular formula is C24H32N4O3S2. The summed E-state index contributed by atoms with van der Waals surface area (Å²) in [4.78, 5) is 30.8. The molecule has 2 aliphatic heterocycles. The van der Waals surface area contributed by atoms with Gasteiger partial charge in [-0.25, -0.2) is 0 Å². The fourth-order valence-corrected chi connectivity index (χ4v) is 5.70. The molecule has 1 amide bonds. The van der Waals surface area contributed by atoms with Gasteiger partial charge in [-0.15, -0.1) is 0 Å². The lowest BCUT2D eigenvalue weighted by molar-refractivity contribution is -0.122. The van der Waals surface area contributed by atoms with Gasteiger partial charge in [-0.1, -0.05) is 44.2 Å². The molecule has 3 rings (SSSR count). The maximum absolute atomic E-state index is 13.3. The number of carbonyl (C=O) groups excluding carboxylic acids is 1. The Morgan fingerprint density at radius 1 is 1.18 bits per heavy atom. The van der Waals surface area contributed by atoms with Gasteiger partial charge in [-0.05, 0) is 45.3 Å². The summed E-state index contributed by atoms with van der Waals surface area (Å²) in [5, 5.41) is 9.78. The van der Waals surface area contributed by atoms with Crippen molar-refractivity contribution in [2.45, 2.75) is 72.6 Å². The van der Waals surface area contributed by atoms with Crippen molar-refractivity contribution >= 4 is 46.1 Å². The Labute approximate surface area is 205 Å². The van der Waals surface area contributed by atoms with Crippen LogP contribution in [0.25, 0.3) is 6.08 Å². The molecule has 3 heterocycles. The Balaban J connectivity index is 2.22. The van der Waals surface area contributed by atoms with E-state index in [2.05, 4.69) is 17.9 Å². The Morgan fingerprint density at radius 2 is 1.85 bits per heavy atom. The molecule has 2 atom stereocenters. The van der Waals surface area contributed by atoms with E-state index in [1.165, 1.54) is 11.8 Å². The third kappa shape index (κ3) is 5.18. The second-order valence-electron chi connectivity index (χ2n) is 8.66. The standard InChI is InChI=1S/C24H32N4O3S2/c1-6-8-10-28-23(30)20(33-24(28)32)11-18-17(5)19(12-25)22(29)27(9-7-2)21(18)26-13-15(3)31-16(4)14-26/h11,15-16H,6-10,13-14H2,1-5H3/b20-11-. The molecular weight excluding hydrogens is 456 g/mol. The van der Waals surface area contributed by atoms with Crippen molar-refractivity contribution in [3.63, 3.8) is 0 Å². The topological polar surface area (TPSA) is 78.6 Å². The first-order chi connectivity index (χ1) is 15.7. The Morgan fingerprint density at radius 3 is 2.42 bits per heavy atom. The van der Waals surface area contributed by atoms with Crippen LogP contribution in [-0.2, 0) is 16.1 Å². The summed E-state index contributed by atoms with van der Waals surface area (Å²) in [6.45, 7) is 12.2. The molecule has 0 aliphatic carbocycles. The fraction of sp³-hybridized carbons (Fsp3) is 0.583. The number of morpholine rings is 1. The predicted octanol–water partition coefficient (Wildman–Crippen LogP) is 4.05. The van der Waals surface area contributed by atoms with Crippen LogP contribution in [-0.4, -0.2) is 51.5 Å². The third-order valence-corrected chi connectivity index (χ3v) is 7.27. The number of nitriles is 1. The van der Waals surface area contributed by atoms with E-state index in [0.29, 0.717) is 41.0 Å². The van der Waals surface area contributed by atoms with Gasteiger partial charge in [0, 0.05) is 31.7 Å². The summed E-state index contributed by atoms with van der Waals surface area (Å²) < 4.78 is 8.17. The number of amides is 1. The molecule has 0 saturated carbocycles. The second kappa shape index (κ2) is 10.9. The first-order valence-corrected chi connectivity index (χ1v) is 12.8. The van der Waals surface area contributed by atoms with Gasteiger partial charge in [0.05, 0.1) is 17.1 Å². The number of thioether (sulfide) groups is 1. The van der Waals surface area contributed by atoms with Crippen molar-refractivity contribution in [1.29, 1.82) is 5.26 Å². The van der Waals surface area contributed by atoms with E-state index in [9.17, 15) is 14.9 Å². The molecule has 9 heteroatoms. The lowest BCUT2D eigenvalue weighted by Crippen LogP contribution is -2.48. The number of hydrogen-bond acceptors (Lipinski definition) is 7. The summed E-state index contributed by atoms with van der Waals surface area (Å²) in [5.41, 5.74) is 1.16. The quantitative estimate of drug-likeness (QED) is 0.423. The highest BCUT2D eigenvalue weighted by Gasteiger charge is 2.34. The first-order valence-electron chi connectivity index (χ1n) is 11.6. The van der Waals surface area contributed by atoms with Crippen LogP contribution in [0.3, 0.4) is 0 Å². The fourth-order valence-electron chi connectivity index (χ4n) is 4.41. The largest absolute Gasteiger partial charge is 0.372 e. The minimum Gasteiger partial charge on any atom is -0.372 e. The highest BCUT2D eigenvalue weighted by atomic mass is 32.2. The van der Waals surface area contributed by atoms with E-state index in [1.54, 1.807) is 16.4 Å². The van der Waals surface area contributed by atoms with E-state index in [0.717, 1.165) is 30.6 Å². The lowest BCUT2D eigenvalue weighted by atomic mass is 10.0. The summed E-state index contributed by atoms with van der Waals surface area (Å²) in [6, 6.07) is 2.10. The average molecular weight is 489 g/mol. The summed E-state index contributed by atoms with van der Waals surface area (Å²) in [6.07, 6.45) is 4.42. The normalized spacial score (nSPS) is 22.4. The monoisotopic (exact) mass is 488 g/mol. The molecule has 7 nitrogen and oxygen atoms in total. The Kier molecular flexibility index (Phi) is 8.38. The minimum absolute atomic E-state index is 0.00465. The molecule has 2 unspecified atom stereocenters. The molecule has 2 saturated heterocycles. The number of hydrogen-bond donors (Lipinski definition) is 0. The number of unbranched alkanes of at least 4 members (excludes halogenated alkanes) is 1. The third-order valence-electron chi connectivity index (χ3n) is 5.90. The van der Waals surface area contributed by atoms with Gasteiger partial charge in [0.2, 0.25) is 0 Å². The highest BCUT2D eigenvalue weighted by molar-refractivity contribution is 8.26. The lowest BCUT2D eigenvalue weighted by Gasteiger charge is -2.39. The average Bonchev–Trinajstić information content (AvgIpc) is 3.02. The van der Waals surface area contributed by atoms with E-state index >= 15 is 0 Å². The second-order valence-corrected chi connectivity index (χ2v) is 10.3. The number of ether oxygens (including phenoxy) is 1. The number of aromatic nitrogens is 1. The van der Waals surface area contributed by atoms with Gasteiger partial charge in [-0.3, -0.25) is 19.1 Å². The molecule has 1 aromatic rings. The maximum atomic E-state index is 13.3. The molecule has 0 bridgehead atoms. The summed E-state index contributed by atoms with van der Waals surface area (Å²) in [7, 11) is 0. The number of thiocarbonyl (C=S) groups is 1. The molecule has 178 valence electrons. The molecule has 2 fully saturated rings. The number of nitrogens with zero attached hydrogens (tertiary/aromatic N) is 4. The molecule has 0 radical (unpaired) electrons. The molecule has 33 heavy (non-hydrogen) atoms. The van der Waals surface area contributed by atoms with Crippen LogP contribution in [0.15, 0.2) is 9.70 Å². The van der Waals surface area contributed by atoms with E-state index < -0.39 is 0 Å². The van der Waals surface area contributed by atoms with Crippen LogP contribution in [0.2, 0.25) is 0 Å². The smallest absolute Gasteiger partial charge is 0.270 e. The van der Waals surface area contributed by atoms with Crippen molar-refractivity contribution in [2.24, 2.45) is 0 Å². The van der Waals surface area contributed by atoms with Gasteiger partial charge in [-0.2, -0.15) is 5.26 Å². The molecule has 0 N–H and O–H groups in total. The zero-order valence-corrected chi connectivity index (χ0v) is 21.6. The van der Waals surface area contributed by atoms with Gasteiger partial charge >= 0.3 is 0 Å². The Bertz CT molecular complexity index is 1060. The van der Waals surface area contributed by atoms with Crippen molar-refractivity contribution in [3.05, 3.63) is 31.9 Å². The van der Waals surface area contributed by atoms with Crippen LogP contribution in [0, 0.1) is 18.3 Å². The van der Waals surface area contributed by atoms with Crippen LogP contribution in [0.5, 0.6) is 0 Å². The molecule has 0 aromatic carbocycles. The molecule has 2 aliphatic rings. The maximum Gasteiger partial charge on any atom is 0.270 e. The zero-order valence-electron chi connectivity index (χ0n) is 20.0. The Hall–Kier alpha value is -2.15. The number of carbonyl (C=O) groups is 1. The van der Waals surface area contributed by atoms with Crippen molar-refractivity contribution in [3.8, 4) is 6.07 Å². The van der Waals surface area contributed by atoms with Gasteiger partial charge in [0.15, 0.2) is 0 Å². The summed E-state index contributed by atoms with van der Waals surface area (Å²) >= 11 is 6.76. The van der Waals surface area contributed by atoms with Crippen molar-refractivity contribution < 1.29 is 9.53 Å². The van der Waals surface area contributed by atoms with Crippen LogP contribution in [0.1, 0.15) is 63.6 Å². The van der Waals surface area contributed by atoms with Gasteiger partial charge < -0.3 is 9.64 Å². The zero-order chi connectivity index (χ0) is 24.3. The number of pyridine rings is 1. The van der Waals surface area contributed by atoms with Crippen molar-refractivity contribution in [2.75, 3.05) is 24.5 Å². The van der Waals surface area contributed by atoms with Crippen LogP contribution >= 0.6 is 24.0 Å². The number of anilines is 1. The number of rotatable bonds is 7. The van der Waals surface area contributed by atoms with Gasteiger partial charge in [0.1, 0.15) is 21.8 Å². The first kappa shape index (κ1) is 25.5.